The summed E-state index contributed by atoms with van der Waals surface area (Å²) in [5, 5.41) is 21.5. The summed E-state index contributed by atoms with van der Waals surface area (Å²) in [6.45, 7) is 0. The molecular weight excluding hydrogens is 431 g/mol. The third-order valence-electron chi connectivity index (χ3n) is 3.77. The van der Waals surface area contributed by atoms with Crippen molar-refractivity contribution in [3.05, 3.63) is 69.7 Å². The average Bonchev–Trinajstić information content (AvgIpc) is 2.61. The van der Waals surface area contributed by atoms with E-state index in [0.29, 0.717) is 5.56 Å². The summed E-state index contributed by atoms with van der Waals surface area (Å²) in [6.07, 6.45) is -6.35. The van der Waals surface area contributed by atoms with Crippen LogP contribution in [0.2, 0.25) is 0 Å². The van der Waals surface area contributed by atoms with Gasteiger partial charge in [-0.25, -0.2) is 4.79 Å². The number of aliphatic hydroxyl groups is 1. The number of aliphatic hydroxyl groups excluding tert-OH is 1. The molecule has 0 saturated carbocycles. The zero-order valence-corrected chi connectivity index (χ0v) is 15.3. The molecule has 1 amide bonds. The van der Waals surface area contributed by atoms with E-state index in [9.17, 15) is 33.0 Å². The quantitative estimate of drug-likeness (QED) is 0.636. The number of rotatable bonds is 6. The largest absolute Gasteiger partial charge is 0.480 e. The fraction of sp³-hybridized carbons (Fsp3) is 0.222. The van der Waals surface area contributed by atoms with Crippen molar-refractivity contribution in [2.75, 3.05) is 0 Å². The van der Waals surface area contributed by atoms with Gasteiger partial charge in [-0.1, -0.05) is 40.2 Å². The fourth-order valence-electron chi connectivity index (χ4n) is 2.31. The third-order valence-corrected chi connectivity index (χ3v) is 4.30. The van der Waals surface area contributed by atoms with Crippen LogP contribution in [-0.4, -0.2) is 28.1 Å². The van der Waals surface area contributed by atoms with E-state index in [1.807, 2.05) is 0 Å². The highest BCUT2D eigenvalue weighted by Crippen LogP contribution is 2.30. The number of hydrogen-bond acceptors (Lipinski definition) is 3. The first-order chi connectivity index (χ1) is 12.6. The molecule has 0 aliphatic rings. The summed E-state index contributed by atoms with van der Waals surface area (Å²) in [4.78, 5) is 23.5. The summed E-state index contributed by atoms with van der Waals surface area (Å²) in [5.41, 5.74) is -0.347. The molecule has 2 rings (SSSR count). The minimum absolute atomic E-state index is 0.0198. The SMILES string of the molecule is O=C(O)[C@@H](Cc1ccc(Br)cc1)NC(=O)[C@H](O)c1ccc(C(F)(F)F)cc1. The van der Waals surface area contributed by atoms with Crippen molar-refractivity contribution in [3.8, 4) is 0 Å². The van der Waals surface area contributed by atoms with E-state index in [1.165, 1.54) is 0 Å². The van der Waals surface area contributed by atoms with Gasteiger partial charge in [0.2, 0.25) is 0 Å². The number of amides is 1. The van der Waals surface area contributed by atoms with Gasteiger partial charge in [-0.05, 0) is 35.4 Å². The fourth-order valence-corrected chi connectivity index (χ4v) is 2.58. The van der Waals surface area contributed by atoms with Gasteiger partial charge in [0.25, 0.3) is 5.91 Å². The summed E-state index contributed by atoms with van der Waals surface area (Å²) in [5.74, 6) is -2.31. The number of carboxylic acids is 1. The smallest absolute Gasteiger partial charge is 0.416 e. The molecule has 5 nitrogen and oxygen atoms in total. The van der Waals surface area contributed by atoms with Crippen LogP contribution in [0.5, 0.6) is 0 Å². The maximum atomic E-state index is 12.6. The lowest BCUT2D eigenvalue weighted by molar-refractivity contribution is -0.143. The maximum Gasteiger partial charge on any atom is 0.416 e. The van der Waals surface area contributed by atoms with Crippen LogP contribution in [-0.2, 0) is 22.2 Å². The highest BCUT2D eigenvalue weighted by atomic mass is 79.9. The van der Waals surface area contributed by atoms with Crippen LogP contribution in [0.3, 0.4) is 0 Å². The Hall–Kier alpha value is -2.39. The number of halogens is 4. The van der Waals surface area contributed by atoms with Crippen molar-refractivity contribution < 1.29 is 33.0 Å². The van der Waals surface area contributed by atoms with Crippen LogP contribution in [0.25, 0.3) is 0 Å². The normalized spacial score (nSPS) is 13.7. The van der Waals surface area contributed by atoms with Crippen LogP contribution < -0.4 is 5.32 Å². The highest BCUT2D eigenvalue weighted by Gasteiger charge is 2.31. The number of benzene rings is 2. The van der Waals surface area contributed by atoms with Gasteiger partial charge in [-0.2, -0.15) is 13.2 Å². The number of aliphatic carboxylic acids is 1. The molecule has 0 aromatic heterocycles. The summed E-state index contributed by atoms with van der Waals surface area (Å²) >= 11 is 3.25. The standard InChI is InChI=1S/C18H15BrF3NO4/c19-13-7-1-10(2-8-13)9-14(17(26)27)23-16(25)15(24)11-3-5-12(6-4-11)18(20,21)22/h1-8,14-15,24H,9H2,(H,23,25)(H,26,27)/t14-,15-/m1/s1. The van der Waals surface area contributed by atoms with Gasteiger partial charge >= 0.3 is 12.1 Å². The van der Waals surface area contributed by atoms with Gasteiger partial charge in [0, 0.05) is 10.9 Å². The highest BCUT2D eigenvalue weighted by molar-refractivity contribution is 9.10. The van der Waals surface area contributed by atoms with Gasteiger partial charge in [0.05, 0.1) is 5.56 Å². The van der Waals surface area contributed by atoms with Crippen LogP contribution in [0, 0.1) is 0 Å². The number of carbonyl (C=O) groups excluding carboxylic acids is 1. The molecule has 0 fully saturated rings. The van der Waals surface area contributed by atoms with E-state index < -0.39 is 35.8 Å². The van der Waals surface area contributed by atoms with Crippen molar-refractivity contribution in [2.45, 2.75) is 24.7 Å². The molecule has 0 radical (unpaired) electrons. The van der Waals surface area contributed by atoms with Gasteiger partial charge in [-0.15, -0.1) is 0 Å². The zero-order chi connectivity index (χ0) is 20.2. The Morgan fingerprint density at radius 1 is 1.04 bits per heavy atom. The Kier molecular flexibility index (Phi) is 6.61. The summed E-state index contributed by atoms with van der Waals surface area (Å²) in [6, 6.07) is 8.90. The molecular formula is C18H15BrF3NO4. The second-order valence-corrected chi connectivity index (χ2v) is 6.67. The van der Waals surface area contributed by atoms with Crippen molar-refractivity contribution in [3.63, 3.8) is 0 Å². The predicted molar refractivity (Wildman–Crippen MR) is 93.8 cm³/mol. The molecule has 0 heterocycles. The van der Waals surface area contributed by atoms with E-state index in [-0.39, 0.29) is 12.0 Å². The topological polar surface area (TPSA) is 86.6 Å². The lowest BCUT2D eigenvalue weighted by Gasteiger charge is -2.18. The van der Waals surface area contributed by atoms with Crippen LogP contribution in [0.15, 0.2) is 53.0 Å². The van der Waals surface area contributed by atoms with Crippen molar-refractivity contribution >= 4 is 27.8 Å². The van der Waals surface area contributed by atoms with E-state index >= 15 is 0 Å². The lowest BCUT2D eigenvalue weighted by Crippen LogP contribution is -2.44. The van der Waals surface area contributed by atoms with E-state index in [4.69, 9.17) is 0 Å². The number of carboxylic acid groups (broad SMARTS) is 1. The molecule has 144 valence electrons. The lowest BCUT2D eigenvalue weighted by atomic mass is 10.0. The van der Waals surface area contributed by atoms with Crippen LogP contribution >= 0.6 is 15.9 Å². The van der Waals surface area contributed by atoms with Crippen molar-refractivity contribution in [1.29, 1.82) is 0 Å². The molecule has 0 bridgehead atoms. The zero-order valence-electron chi connectivity index (χ0n) is 13.7. The molecule has 0 unspecified atom stereocenters. The minimum Gasteiger partial charge on any atom is -0.480 e. The number of nitrogens with one attached hydrogen (secondary N) is 1. The predicted octanol–water partition coefficient (Wildman–Crippen LogP) is 3.31. The molecule has 0 saturated heterocycles. The summed E-state index contributed by atoms with van der Waals surface area (Å²) in [7, 11) is 0. The van der Waals surface area contributed by atoms with Gasteiger partial charge < -0.3 is 15.5 Å². The van der Waals surface area contributed by atoms with Crippen molar-refractivity contribution in [1.82, 2.24) is 5.32 Å². The molecule has 0 aliphatic carbocycles. The number of carbonyl (C=O) groups is 2. The van der Waals surface area contributed by atoms with E-state index in [0.717, 1.165) is 28.7 Å². The van der Waals surface area contributed by atoms with Crippen LogP contribution in [0.4, 0.5) is 13.2 Å². The molecule has 2 atom stereocenters. The van der Waals surface area contributed by atoms with E-state index in [2.05, 4.69) is 21.2 Å². The first kappa shape index (κ1) is 20.9. The van der Waals surface area contributed by atoms with Gasteiger partial charge in [-0.3, -0.25) is 4.79 Å². The Labute approximate surface area is 161 Å². The Bertz CT molecular complexity index is 807. The Morgan fingerprint density at radius 2 is 1.59 bits per heavy atom. The summed E-state index contributed by atoms with van der Waals surface area (Å²) < 4.78 is 38.5. The van der Waals surface area contributed by atoms with Crippen molar-refractivity contribution in [2.24, 2.45) is 0 Å². The molecule has 9 heteroatoms. The van der Waals surface area contributed by atoms with Gasteiger partial charge in [0.1, 0.15) is 6.04 Å². The number of alkyl halides is 3. The number of hydrogen-bond donors (Lipinski definition) is 3. The monoisotopic (exact) mass is 445 g/mol. The minimum atomic E-state index is -4.54. The van der Waals surface area contributed by atoms with Crippen LogP contribution in [0.1, 0.15) is 22.8 Å². The van der Waals surface area contributed by atoms with Gasteiger partial charge in [0.15, 0.2) is 6.10 Å². The molecule has 3 N–H and O–H groups in total. The molecule has 2 aromatic carbocycles. The second kappa shape index (κ2) is 8.53. The average molecular weight is 446 g/mol. The first-order valence-corrected chi connectivity index (χ1v) is 8.50. The Morgan fingerprint density at radius 3 is 2.07 bits per heavy atom. The third kappa shape index (κ3) is 5.80. The Balaban J connectivity index is 2.07. The second-order valence-electron chi connectivity index (χ2n) is 5.75. The first-order valence-electron chi connectivity index (χ1n) is 7.71. The molecule has 0 spiro atoms. The van der Waals surface area contributed by atoms with E-state index in [1.54, 1.807) is 24.3 Å². The molecule has 27 heavy (non-hydrogen) atoms. The maximum absolute atomic E-state index is 12.6. The molecule has 0 aliphatic heterocycles. The molecule has 2 aromatic rings.